The SMILES string of the molecule is CC(CS(C)(=O)=O)Nc1cccc(C#N)n1. The molecule has 1 aromatic heterocycles. The van der Waals surface area contributed by atoms with E-state index in [4.69, 9.17) is 5.26 Å². The number of hydrogen-bond donors (Lipinski definition) is 1. The van der Waals surface area contributed by atoms with Crippen LogP contribution in [0.25, 0.3) is 0 Å². The predicted octanol–water partition coefficient (Wildman–Crippen LogP) is 0.798. The summed E-state index contributed by atoms with van der Waals surface area (Å²) in [6.45, 7) is 1.75. The van der Waals surface area contributed by atoms with Crippen molar-refractivity contribution in [3.63, 3.8) is 0 Å². The molecule has 0 bridgehead atoms. The van der Waals surface area contributed by atoms with Gasteiger partial charge in [-0.25, -0.2) is 13.4 Å². The van der Waals surface area contributed by atoms with Crippen LogP contribution in [-0.2, 0) is 9.84 Å². The maximum atomic E-state index is 11.0. The van der Waals surface area contributed by atoms with E-state index in [0.717, 1.165) is 0 Å². The summed E-state index contributed by atoms with van der Waals surface area (Å²) in [6.07, 6.45) is 1.18. The van der Waals surface area contributed by atoms with Crippen LogP contribution in [0.4, 0.5) is 5.82 Å². The second-order valence-corrected chi connectivity index (χ2v) is 5.84. The molecule has 86 valence electrons. The van der Waals surface area contributed by atoms with Crippen molar-refractivity contribution in [3.8, 4) is 6.07 Å². The number of nitrogens with one attached hydrogen (secondary N) is 1. The Morgan fingerprint density at radius 1 is 1.56 bits per heavy atom. The Labute approximate surface area is 95.0 Å². The fourth-order valence-corrected chi connectivity index (χ4v) is 2.32. The highest BCUT2D eigenvalue weighted by Gasteiger charge is 2.10. The maximum absolute atomic E-state index is 11.0. The van der Waals surface area contributed by atoms with E-state index >= 15 is 0 Å². The molecule has 0 saturated carbocycles. The van der Waals surface area contributed by atoms with Gasteiger partial charge in [0.2, 0.25) is 0 Å². The summed E-state index contributed by atoms with van der Waals surface area (Å²) < 4.78 is 22.1. The van der Waals surface area contributed by atoms with Crippen LogP contribution in [0, 0.1) is 11.3 Å². The third-order valence-corrected chi connectivity index (χ3v) is 2.92. The fourth-order valence-electron chi connectivity index (χ4n) is 1.33. The monoisotopic (exact) mass is 239 g/mol. The van der Waals surface area contributed by atoms with E-state index < -0.39 is 9.84 Å². The lowest BCUT2D eigenvalue weighted by Gasteiger charge is -2.13. The Morgan fingerprint density at radius 3 is 2.81 bits per heavy atom. The van der Waals surface area contributed by atoms with E-state index in [1.54, 1.807) is 25.1 Å². The molecule has 0 amide bonds. The number of sulfone groups is 1. The molecule has 1 heterocycles. The number of pyridine rings is 1. The molecule has 1 N–H and O–H groups in total. The molecule has 0 saturated heterocycles. The molecule has 0 radical (unpaired) electrons. The Hall–Kier alpha value is -1.61. The standard InChI is InChI=1S/C10H13N3O2S/c1-8(7-16(2,14)15)12-10-5-3-4-9(6-11)13-10/h3-5,8H,7H2,1-2H3,(H,12,13). The maximum Gasteiger partial charge on any atom is 0.149 e. The first-order valence-electron chi connectivity index (χ1n) is 4.72. The first-order valence-corrected chi connectivity index (χ1v) is 6.78. The zero-order valence-corrected chi connectivity index (χ0v) is 9.95. The Bertz CT molecular complexity index is 505. The van der Waals surface area contributed by atoms with Gasteiger partial charge < -0.3 is 5.32 Å². The molecule has 1 atom stereocenters. The lowest BCUT2D eigenvalue weighted by atomic mass is 10.3. The predicted molar refractivity (Wildman–Crippen MR) is 61.7 cm³/mol. The van der Waals surface area contributed by atoms with E-state index in [1.165, 1.54) is 6.26 Å². The summed E-state index contributed by atoms with van der Waals surface area (Å²) in [5.41, 5.74) is 0.302. The van der Waals surface area contributed by atoms with Gasteiger partial charge in [-0.05, 0) is 19.1 Å². The van der Waals surface area contributed by atoms with Gasteiger partial charge in [-0.1, -0.05) is 6.07 Å². The first kappa shape index (κ1) is 12.5. The first-order chi connectivity index (χ1) is 7.40. The van der Waals surface area contributed by atoms with Crippen LogP contribution in [-0.4, -0.2) is 31.5 Å². The highest BCUT2D eigenvalue weighted by molar-refractivity contribution is 7.90. The second-order valence-electron chi connectivity index (χ2n) is 3.66. The van der Waals surface area contributed by atoms with Crippen LogP contribution in [0.3, 0.4) is 0 Å². The molecule has 0 aliphatic heterocycles. The van der Waals surface area contributed by atoms with Crippen molar-refractivity contribution < 1.29 is 8.42 Å². The van der Waals surface area contributed by atoms with E-state index in [1.807, 2.05) is 6.07 Å². The minimum atomic E-state index is -3.01. The molecule has 0 aliphatic rings. The van der Waals surface area contributed by atoms with Crippen LogP contribution < -0.4 is 5.32 Å². The van der Waals surface area contributed by atoms with Gasteiger partial charge >= 0.3 is 0 Å². The Kier molecular flexibility index (Phi) is 3.85. The summed E-state index contributed by atoms with van der Waals surface area (Å²) in [5.74, 6) is 0.543. The Morgan fingerprint density at radius 2 is 2.25 bits per heavy atom. The fraction of sp³-hybridized carbons (Fsp3) is 0.400. The van der Waals surface area contributed by atoms with Crippen molar-refractivity contribution >= 4 is 15.7 Å². The molecule has 5 nitrogen and oxygen atoms in total. The smallest absolute Gasteiger partial charge is 0.149 e. The Balaban J connectivity index is 2.70. The topological polar surface area (TPSA) is 82.9 Å². The zero-order chi connectivity index (χ0) is 12.2. The number of hydrogen-bond acceptors (Lipinski definition) is 5. The van der Waals surface area contributed by atoms with E-state index in [0.29, 0.717) is 11.5 Å². The van der Waals surface area contributed by atoms with Crippen molar-refractivity contribution in [2.75, 3.05) is 17.3 Å². The van der Waals surface area contributed by atoms with Crippen molar-refractivity contribution in [3.05, 3.63) is 23.9 Å². The quantitative estimate of drug-likeness (QED) is 0.840. The molecule has 1 rings (SSSR count). The van der Waals surface area contributed by atoms with Gasteiger partial charge in [-0.3, -0.25) is 0 Å². The summed E-state index contributed by atoms with van der Waals surface area (Å²) in [7, 11) is -3.01. The largest absolute Gasteiger partial charge is 0.367 e. The minimum absolute atomic E-state index is 0.0332. The molecule has 0 spiro atoms. The van der Waals surface area contributed by atoms with Crippen LogP contribution in [0.1, 0.15) is 12.6 Å². The van der Waals surface area contributed by atoms with Crippen LogP contribution in [0.15, 0.2) is 18.2 Å². The zero-order valence-electron chi connectivity index (χ0n) is 9.14. The molecule has 1 unspecified atom stereocenters. The van der Waals surface area contributed by atoms with Crippen LogP contribution in [0.5, 0.6) is 0 Å². The molecule has 0 aliphatic carbocycles. The average molecular weight is 239 g/mol. The van der Waals surface area contributed by atoms with Crippen LogP contribution >= 0.6 is 0 Å². The summed E-state index contributed by atoms with van der Waals surface area (Å²) >= 11 is 0. The number of nitriles is 1. The average Bonchev–Trinajstić information content (AvgIpc) is 2.15. The molecular weight excluding hydrogens is 226 g/mol. The lowest BCUT2D eigenvalue weighted by Crippen LogP contribution is -2.25. The minimum Gasteiger partial charge on any atom is -0.367 e. The van der Waals surface area contributed by atoms with Crippen LogP contribution in [0.2, 0.25) is 0 Å². The van der Waals surface area contributed by atoms with E-state index in [-0.39, 0.29) is 11.8 Å². The normalized spacial score (nSPS) is 12.8. The highest BCUT2D eigenvalue weighted by atomic mass is 32.2. The van der Waals surface area contributed by atoms with Crippen molar-refractivity contribution in [1.82, 2.24) is 4.98 Å². The second kappa shape index (κ2) is 4.94. The van der Waals surface area contributed by atoms with Crippen molar-refractivity contribution in [1.29, 1.82) is 5.26 Å². The lowest BCUT2D eigenvalue weighted by molar-refractivity contribution is 0.598. The molecule has 0 aromatic carbocycles. The van der Waals surface area contributed by atoms with Gasteiger partial charge in [0, 0.05) is 12.3 Å². The summed E-state index contributed by atoms with van der Waals surface area (Å²) in [6, 6.07) is 6.66. The van der Waals surface area contributed by atoms with Gasteiger partial charge in [0.05, 0.1) is 5.75 Å². The van der Waals surface area contributed by atoms with E-state index in [9.17, 15) is 8.42 Å². The summed E-state index contributed by atoms with van der Waals surface area (Å²) in [4.78, 5) is 3.99. The van der Waals surface area contributed by atoms with Gasteiger partial charge in [0.25, 0.3) is 0 Å². The molecule has 0 fully saturated rings. The number of anilines is 1. The van der Waals surface area contributed by atoms with Crippen molar-refractivity contribution in [2.24, 2.45) is 0 Å². The third-order valence-electron chi connectivity index (χ3n) is 1.81. The number of rotatable bonds is 4. The van der Waals surface area contributed by atoms with Gasteiger partial charge in [-0.2, -0.15) is 5.26 Å². The van der Waals surface area contributed by atoms with Gasteiger partial charge in [0.1, 0.15) is 27.4 Å². The molecular formula is C10H13N3O2S. The van der Waals surface area contributed by atoms with E-state index in [2.05, 4.69) is 10.3 Å². The van der Waals surface area contributed by atoms with Gasteiger partial charge in [0.15, 0.2) is 0 Å². The molecule has 1 aromatic rings. The van der Waals surface area contributed by atoms with Gasteiger partial charge in [-0.15, -0.1) is 0 Å². The number of aromatic nitrogens is 1. The van der Waals surface area contributed by atoms with Crippen molar-refractivity contribution in [2.45, 2.75) is 13.0 Å². The molecule has 6 heteroatoms. The third kappa shape index (κ3) is 4.28. The number of nitrogens with zero attached hydrogens (tertiary/aromatic N) is 2. The molecule has 16 heavy (non-hydrogen) atoms. The summed E-state index contributed by atoms with van der Waals surface area (Å²) in [5, 5.41) is 11.6. The highest BCUT2D eigenvalue weighted by Crippen LogP contribution is 2.06.